The SMILES string of the molecule is CCC1(C)NC(=O)c2ccccc2N(C/C(C)=C/Cl)C1=O. The van der Waals surface area contributed by atoms with Crippen LogP contribution in [-0.2, 0) is 4.79 Å². The topological polar surface area (TPSA) is 49.4 Å². The largest absolute Gasteiger partial charge is 0.338 e. The Kier molecular flexibility index (Phi) is 4.37. The van der Waals surface area contributed by atoms with Crippen molar-refractivity contribution in [1.29, 1.82) is 0 Å². The monoisotopic (exact) mass is 306 g/mol. The highest BCUT2D eigenvalue weighted by atomic mass is 35.5. The number of nitrogens with zero attached hydrogens (tertiary/aromatic N) is 1. The lowest BCUT2D eigenvalue weighted by Gasteiger charge is -2.31. The number of halogens is 1. The summed E-state index contributed by atoms with van der Waals surface area (Å²) < 4.78 is 0. The lowest BCUT2D eigenvalue weighted by Crippen LogP contribution is -2.55. The zero-order chi connectivity index (χ0) is 15.6. The first-order valence-corrected chi connectivity index (χ1v) is 7.36. The van der Waals surface area contributed by atoms with E-state index in [1.165, 1.54) is 5.54 Å². The summed E-state index contributed by atoms with van der Waals surface area (Å²) in [6.07, 6.45) is 0.520. The van der Waals surface area contributed by atoms with Crippen LogP contribution in [0.15, 0.2) is 35.4 Å². The van der Waals surface area contributed by atoms with Gasteiger partial charge in [-0.25, -0.2) is 0 Å². The molecule has 1 unspecified atom stereocenters. The molecule has 0 saturated heterocycles. The number of para-hydroxylation sites is 1. The maximum Gasteiger partial charge on any atom is 0.254 e. The average Bonchev–Trinajstić information content (AvgIpc) is 2.57. The minimum atomic E-state index is -0.914. The standard InChI is InChI=1S/C16H19ClN2O2/c1-4-16(3)15(21)19(10-11(2)9-17)13-8-6-5-7-12(13)14(20)18-16/h5-9H,4,10H2,1-3H3,(H,18,20)/b11-9+. The van der Waals surface area contributed by atoms with Crippen LogP contribution in [0.3, 0.4) is 0 Å². The number of fused-ring (bicyclic) bond motifs is 1. The zero-order valence-corrected chi connectivity index (χ0v) is 13.2. The summed E-state index contributed by atoms with van der Waals surface area (Å²) in [6, 6.07) is 7.13. The Labute approximate surface area is 129 Å². The molecule has 1 N–H and O–H groups in total. The molecule has 1 aliphatic rings. The van der Waals surface area contributed by atoms with Crippen LogP contribution in [-0.4, -0.2) is 23.9 Å². The predicted octanol–water partition coefficient (Wildman–Crippen LogP) is 3.07. The number of carbonyl (C=O) groups is 2. The van der Waals surface area contributed by atoms with E-state index in [0.29, 0.717) is 24.2 Å². The number of hydrogen-bond acceptors (Lipinski definition) is 2. The second-order valence-electron chi connectivity index (χ2n) is 5.50. The van der Waals surface area contributed by atoms with Crippen molar-refractivity contribution in [2.75, 3.05) is 11.4 Å². The normalized spacial score (nSPS) is 22.7. The number of benzene rings is 1. The van der Waals surface area contributed by atoms with Crippen LogP contribution in [0.5, 0.6) is 0 Å². The van der Waals surface area contributed by atoms with Gasteiger partial charge in [0.05, 0.1) is 11.3 Å². The molecule has 0 aliphatic carbocycles. The summed E-state index contributed by atoms with van der Waals surface area (Å²) >= 11 is 5.74. The maximum absolute atomic E-state index is 12.9. The van der Waals surface area contributed by atoms with Crippen LogP contribution in [0.2, 0.25) is 0 Å². The van der Waals surface area contributed by atoms with Gasteiger partial charge in [-0.2, -0.15) is 0 Å². The molecule has 1 aromatic rings. The number of nitrogens with one attached hydrogen (secondary N) is 1. The maximum atomic E-state index is 12.9. The molecule has 1 heterocycles. The number of hydrogen-bond donors (Lipinski definition) is 1. The fourth-order valence-electron chi connectivity index (χ4n) is 2.36. The Morgan fingerprint density at radius 1 is 1.38 bits per heavy atom. The van der Waals surface area contributed by atoms with E-state index in [9.17, 15) is 9.59 Å². The Hall–Kier alpha value is -1.81. The highest BCUT2D eigenvalue weighted by molar-refractivity contribution is 6.25. The van der Waals surface area contributed by atoms with Crippen molar-refractivity contribution in [3.05, 3.63) is 40.9 Å². The van der Waals surface area contributed by atoms with Gasteiger partial charge in [-0.3, -0.25) is 9.59 Å². The molecule has 1 aromatic carbocycles. The molecule has 2 amide bonds. The second-order valence-corrected chi connectivity index (χ2v) is 5.72. The van der Waals surface area contributed by atoms with Gasteiger partial charge < -0.3 is 10.2 Å². The number of carbonyl (C=O) groups excluding carboxylic acids is 2. The molecule has 0 aromatic heterocycles. The van der Waals surface area contributed by atoms with E-state index < -0.39 is 5.54 Å². The molecule has 21 heavy (non-hydrogen) atoms. The van der Waals surface area contributed by atoms with Gasteiger partial charge in [-0.05, 0) is 38.0 Å². The number of anilines is 1. The highest BCUT2D eigenvalue weighted by Gasteiger charge is 2.41. The third-order valence-electron chi connectivity index (χ3n) is 3.85. The summed E-state index contributed by atoms with van der Waals surface area (Å²) in [5.41, 5.74) is 2.52. The Morgan fingerprint density at radius 3 is 2.67 bits per heavy atom. The summed E-state index contributed by atoms with van der Waals surface area (Å²) in [5, 5.41) is 2.85. The Balaban J connectivity index is 2.58. The van der Waals surface area contributed by atoms with Crippen LogP contribution in [0.25, 0.3) is 0 Å². The van der Waals surface area contributed by atoms with Gasteiger partial charge in [-0.1, -0.05) is 30.7 Å². The minimum absolute atomic E-state index is 0.124. The molecule has 1 atom stereocenters. The summed E-state index contributed by atoms with van der Waals surface area (Å²) in [7, 11) is 0. The molecule has 112 valence electrons. The van der Waals surface area contributed by atoms with Crippen molar-refractivity contribution in [1.82, 2.24) is 5.32 Å². The zero-order valence-electron chi connectivity index (χ0n) is 12.4. The third-order valence-corrected chi connectivity index (χ3v) is 4.22. The molecule has 0 fully saturated rings. The molecule has 2 rings (SSSR count). The van der Waals surface area contributed by atoms with Crippen molar-refractivity contribution in [2.45, 2.75) is 32.7 Å². The highest BCUT2D eigenvalue weighted by Crippen LogP contribution is 2.29. The molecule has 4 nitrogen and oxygen atoms in total. The van der Waals surface area contributed by atoms with E-state index in [0.717, 1.165) is 5.57 Å². The van der Waals surface area contributed by atoms with Gasteiger partial charge in [-0.15, -0.1) is 0 Å². The van der Waals surface area contributed by atoms with Gasteiger partial charge in [0.1, 0.15) is 5.54 Å². The van der Waals surface area contributed by atoms with Crippen molar-refractivity contribution in [2.24, 2.45) is 0 Å². The van der Waals surface area contributed by atoms with Gasteiger partial charge in [0.2, 0.25) is 0 Å². The lowest BCUT2D eigenvalue weighted by atomic mass is 9.97. The molecule has 0 radical (unpaired) electrons. The first-order valence-electron chi connectivity index (χ1n) is 6.92. The molecular weight excluding hydrogens is 288 g/mol. The molecule has 0 saturated carbocycles. The van der Waals surface area contributed by atoms with E-state index in [1.54, 1.807) is 30.0 Å². The van der Waals surface area contributed by atoms with E-state index in [-0.39, 0.29) is 11.8 Å². The first-order chi connectivity index (χ1) is 9.92. The van der Waals surface area contributed by atoms with Gasteiger partial charge in [0.25, 0.3) is 11.8 Å². The van der Waals surface area contributed by atoms with E-state index in [1.807, 2.05) is 19.9 Å². The molecule has 0 bridgehead atoms. The second kappa shape index (κ2) is 5.90. The number of rotatable bonds is 3. The third kappa shape index (κ3) is 2.81. The van der Waals surface area contributed by atoms with Crippen LogP contribution in [0.1, 0.15) is 37.6 Å². The van der Waals surface area contributed by atoms with E-state index >= 15 is 0 Å². The van der Waals surface area contributed by atoms with Crippen molar-refractivity contribution in [3.8, 4) is 0 Å². The van der Waals surface area contributed by atoms with Crippen LogP contribution < -0.4 is 10.2 Å². The number of amides is 2. The minimum Gasteiger partial charge on any atom is -0.338 e. The Bertz CT molecular complexity index is 612. The predicted molar refractivity (Wildman–Crippen MR) is 84.6 cm³/mol. The average molecular weight is 307 g/mol. The summed E-state index contributed by atoms with van der Waals surface area (Å²) in [4.78, 5) is 26.9. The van der Waals surface area contributed by atoms with Gasteiger partial charge in [0, 0.05) is 12.1 Å². The van der Waals surface area contributed by atoms with Crippen molar-refractivity contribution in [3.63, 3.8) is 0 Å². The Morgan fingerprint density at radius 2 is 2.05 bits per heavy atom. The van der Waals surface area contributed by atoms with Gasteiger partial charge >= 0.3 is 0 Å². The molecule has 5 heteroatoms. The first kappa shape index (κ1) is 15.6. The van der Waals surface area contributed by atoms with Gasteiger partial charge in [0.15, 0.2) is 0 Å². The van der Waals surface area contributed by atoms with Crippen molar-refractivity contribution >= 4 is 29.1 Å². The fraction of sp³-hybridized carbons (Fsp3) is 0.375. The lowest BCUT2D eigenvalue weighted by molar-refractivity contribution is -0.124. The fourth-order valence-corrected chi connectivity index (χ4v) is 2.43. The van der Waals surface area contributed by atoms with Crippen LogP contribution in [0, 0.1) is 0 Å². The molecule has 1 aliphatic heterocycles. The quantitative estimate of drug-likeness (QED) is 0.933. The molecular formula is C16H19ClN2O2. The van der Waals surface area contributed by atoms with Crippen molar-refractivity contribution < 1.29 is 9.59 Å². The van der Waals surface area contributed by atoms with Crippen LogP contribution in [0.4, 0.5) is 5.69 Å². The van der Waals surface area contributed by atoms with E-state index in [2.05, 4.69) is 5.32 Å². The smallest absolute Gasteiger partial charge is 0.254 e. The van der Waals surface area contributed by atoms with E-state index in [4.69, 9.17) is 11.6 Å². The molecule has 0 spiro atoms. The summed E-state index contributed by atoms with van der Waals surface area (Å²) in [6.45, 7) is 5.86. The van der Waals surface area contributed by atoms with Crippen LogP contribution >= 0.6 is 11.6 Å². The summed E-state index contributed by atoms with van der Waals surface area (Å²) in [5.74, 6) is -0.348.